The zero-order valence-electron chi connectivity index (χ0n) is 16.0. The van der Waals surface area contributed by atoms with E-state index in [4.69, 9.17) is 5.73 Å². The number of carboxylic acid groups (broad SMARTS) is 1. The molecule has 0 saturated heterocycles. The Balaban J connectivity index is 4.39. The van der Waals surface area contributed by atoms with Gasteiger partial charge in [-0.1, -0.05) is 27.7 Å². The minimum Gasteiger partial charge on any atom is -0.480 e. The van der Waals surface area contributed by atoms with Gasteiger partial charge in [0.15, 0.2) is 0 Å². The SMILES string of the molecule is CC(C)NCCCC[C@H](NC(=O)[C@H](C)NC(=O)C(N)C(C)C)C(=O)O. The lowest BCUT2D eigenvalue weighted by Gasteiger charge is -2.21. The van der Waals surface area contributed by atoms with E-state index in [2.05, 4.69) is 16.0 Å². The minimum absolute atomic E-state index is 0.0542. The molecule has 0 aromatic rings. The summed E-state index contributed by atoms with van der Waals surface area (Å²) < 4.78 is 0. The molecule has 0 bridgehead atoms. The summed E-state index contributed by atoms with van der Waals surface area (Å²) in [6.45, 7) is 10.0. The number of carbonyl (C=O) groups excluding carboxylic acids is 2. The van der Waals surface area contributed by atoms with Crippen molar-refractivity contribution in [3.8, 4) is 0 Å². The molecule has 1 unspecified atom stereocenters. The molecule has 0 spiro atoms. The second-order valence-electron chi connectivity index (χ2n) is 7.00. The summed E-state index contributed by atoms with van der Waals surface area (Å²) in [6.07, 6.45) is 1.84. The molecule has 0 heterocycles. The maximum absolute atomic E-state index is 12.1. The third-order valence-corrected chi connectivity index (χ3v) is 3.86. The lowest BCUT2D eigenvalue weighted by atomic mass is 10.0. The Bertz CT molecular complexity index is 440. The second kappa shape index (κ2) is 11.8. The molecule has 0 aromatic carbocycles. The van der Waals surface area contributed by atoms with Gasteiger partial charge in [0, 0.05) is 6.04 Å². The van der Waals surface area contributed by atoms with Crippen LogP contribution in [0.3, 0.4) is 0 Å². The molecule has 0 fully saturated rings. The Hall–Kier alpha value is -1.67. The summed E-state index contributed by atoms with van der Waals surface area (Å²) in [7, 11) is 0. The molecule has 0 aliphatic heterocycles. The van der Waals surface area contributed by atoms with Crippen molar-refractivity contribution in [2.24, 2.45) is 11.7 Å². The Morgan fingerprint density at radius 1 is 0.960 bits per heavy atom. The van der Waals surface area contributed by atoms with Gasteiger partial charge in [0.25, 0.3) is 0 Å². The maximum Gasteiger partial charge on any atom is 0.326 e. The van der Waals surface area contributed by atoms with E-state index in [9.17, 15) is 19.5 Å². The fourth-order valence-corrected chi connectivity index (χ4v) is 2.10. The van der Waals surface area contributed by atoms with Crippen molar-refractivity contribution in [2.45, 2.75) is 78.0 Å². The number of carbonyl (C=O) groups is 3. The highest BCUT2D eigenvalue weighted by molar-refractivity contribution is 5.91. The molecule has 0 aromatic heterocycles. The molecule has 0 aliphatic carbocycles. The van der Waals surface area contributed by atoms with Gasteiger partial charge in [0.1, 0.15) is 12.1 Å². The summed E-state index contributed by atoms with van der Waals surface area (Å²) in [5.74, 6) is -2.09. The van der Waals surface area contributed by atoms with Gasteiger partial charge in [-0.3, -0.25) is 9.59 Å². The fraction of sp³-hybridized carbons (Fsp3) is 0.824. The van der Waals surface area contributed by atoms with Crippen molar-refractivity contribution in [1.82, 2.24) is 16.0 Å². The van der Waals surface area contributed by atoms with E-state index in [0.717, 1.165) is 13.0 Å². The van der Waals surface area contributed by atoms with E-state index >= 15 is 0 Å². The van der Waals surface area contributed by atoms with Crippen LogP contribution in [0.25, 0.3) is 0 Å². The second-order valence-corrected chi connectivity index (χ2v) is 7.00. The van der Waals surface area contributed by atoms with E-state index in [0.29, 0.717) is 18.9 Å². The largest absolute Gasteiger partial charge is 0.480 e. The number of nitrogens with two attached hydrogens (primary N) is 1. The highest BCUT2D eigenvalue weighted by atomic mass is 16.4. The number of hydrogen-bond donors (Lipinski definition) is 5. The highest BCUT2D eigenvalue weighted by Gasteiger charge is 2.25. The average Bonchev–Trinajstić information content (AvgIpc) is 2.51. The van der Waals surface area contributed by atoms with Crippen LogP contribution in [0.15, 0.2) is 0 Å². The number of nitrogens with one attached hydrogen (secondary N) is 3. The summed E-state index contributed by atoms with van der Waals surface area (Å²) in [4.78, 5) is 35.3. The number of hydrogen-bond acceptors (Lipinski definition) is 5. The first-order valence-electron chi connectivity index (χ1n) is 8.88. The number of amides is 2. The summed E-state index contributed by atoms with van der Waals surface area (Å²) in [6, 6.07) is -2.14. The van der Waals surface area contributed by atoms with Crippen molar-refractivity contribution in [1.29, 1.82) is 0 Å². The zero-order chi connectivity index (χ0) is 19.6. The lowest BCUT2D eigenvalue weighted by molar-refractivity contribution is -0.142. The quantitative estimate of drug-likeness (QED) is 0.317. The van der Waals surface area contributed by atoms with Crippen molar-refractivity contribution in [3.05, 3.63) is 0 Å². The Morgan fingerprint density at radius 2 is 1.56 bits per heavy atom. The molecule has 0 saturated carbocycles. The standard InChI is InChI=1S/C17H34N4O4/c1-10(2)14(18)16(23)20-12(5)15(22)21-13(17(24)25)8-6-7-9-19-11(3)4/h10-14,19H,6-9,18H2,1-5H3,(H,20,23)(H,21,22)(H,24,25)/t12-,13-,14?/m0/s1. The first-order valence-corrected chi connectivity index (χ1v) is 8.88. The molecule has 2 amide bonds. The van der Waals surface area contributed by atoms with Crippen LogP contribution in [-0.4, -0.2) is 53.6 Å². The molecule has 3 atom stereocenters. The number of carboxylic acids is 1. The van der Waals surface area contributed by atoms with Crippen LogP contribution >= 0.6 is 0 Å². The van der Waals surface area contributed by atoms with Crippen LogP contribution in [-0.2, 0) is 14.4 Å². The van der Waals surface area contributed by atoms with E-state index in [1.54, 1.807) is 0 Å². The number of aliphatic carboxylic acids is 1. The van der Waals surface area contributed by atoms with Gasteiger partial charge in [-0.15, -0.1) is 0 Å². The van der Waals surface area contributed by atoms with E-state index in [1.807, 2.05) is 27.7 Å². The predicted octanol–water partition coefficient (Wildman–Crippen LogP) is 0.212. The molecular formula is C17H34N4O4. The predicted molar refractivity (Wildman–Crippen MR) is 97.0 cm³/mol. The van der Waals surface area contributed by atoms with E-state index < -0.39 is 35.9 Å². The van der Waals surface area contributed by atoms with Crippen molar-refractivity contribution in [2.75, 3.05) is 6.54 Å². The number of rotatable bonds is 12. The molecule has 25 heavy (non-hydrogen) atoms. The molecule has 146 valence electrons. The smallest absolute Gasteiger partial charge is 0.326 e. The lowest BCUT2D eigenvalue weighted by Crippen LogP contribution is -2.54. The van der Waals surface area contributed by atoms with Crippen LogP contribution in [0, 0.1) is 5.92 Å². The third-order valence-electron chi connectivity index (χ3n) is 3.86. The van der Waals surface area contributed by atoms with E-state index in [-0.39, 0.29) is 5.92 Å². The maximum atomic E-state index is 12.1. The normalized spacial score (nSPS) is 14.9. The zero-order valence-corrected chi connectivity index (χ0v) is 16.0. The van der Waals surface area contributed by atoms with Gasteiger partial charge in [-0.05, 0) is 38.6 Å². The van der Waals surface area contributed by atoms with Crippen LogP contribution in [0.5, 0.6) is 0 Å². The third kappa shape index (κ3) is 10.0. The molecule has 6 N–H and O–H groups in total. The minimum atomic E-state index is -1.08. The van der Waals surface area contributed by atoms with E-state index in [1.165, 1.54) is 6.92 Å². The summed E-state index contributed by atoms with van der Waals surface area (Å²) >= 11 is 0. The molecule has 8 nitrogen and oxygen atoms in total. The summed E-state index contributed by atoms with van der Waals surface area (Å²) in [5, 5.41) is 17.5. The summed E-state index contributed by atoms with van der Waals surface area (Å²) in [5.41, 5.74) is 5.73. The topological polar surface area (TPSA) is 134 Å². The van der Waals surface area contributed by atoms with Crippen LogP contribution in [0.4, 0.5) is 0 Å². The highest BCUT2D eigenvalue weighted by Crippen LogP contribution is 2.03. The molecule has 8 heteroatoms. The first-order chi connectivity index (χ1) is 11.6. The van der Waals surface area contributed by atoms with Crippen LogP contribution < -0.4 is 21.7 Å². The average molecular weight is 358 g/mol. The Kier molecular flexibility index (Phi) is 11.0. The number of unbranched alkanes of at least 4 members (excludes halogenated alkanes) is 1. The fourth-order valence-electron chi connectivity index (χ4n) is 2.10. The van der Waals surface area contributed by atoms with Gasteiger partial charge in [0.2, 0.25) is 11.8 Å². The van der Waals surface area contributed by atoms with Gasteiger partial charge in [-0.2, -0.15) is 0 Å². The van der Waals surface area contributed by atoms with Crippen molar-refractivity contribution in [3.63, 3.8) is 0 Å². The monoisotopic (exact) mass is 358 g/mol. The van der Waals surface area contributed by atoms with Crippen molar-refractivity contribution < 1.29 is 19.5 Å². The van der Waals surface area contributed by atoms with Gasteiger partial charge in [-0.25, -0.2) is 4.79 Å². The van der Waals surface area contributed by atoms with Crippen LogP contribution in [0.2, 0.25) is 0 Å². The van der Waals surface area contributed by atoms with Gasteiger partial charge >= 0.3 is 5.97 Å². The van der Waals surface area contributed by atoms with Gasteiger partial charge < -0.3 is 26.8 Å². The first kappa shape index (κ1) is 23.3. The Morgan fingerprint density at radius 3 is 2.04 bits per heavy atom. The molecule has 0 aliphatic rings. The van der Waals surface area contributed by atoms with Crippen molar-refractivity contribution >= 4 is 17.8 Å². The van der Waals surface area contributed by atoms with Gasteiger partial charge in [0.05, 0.1) is 6.04 Å². The molecular weight excluding hydrogens is 324 g/mol. The molecule has 0 rings (SSSR count). The Labute approximate surface area is 150 Å². The van der Waals surface area contributed by atoms with Crippen LogP contribution in [0.1, 0.15) is 53.9 Å². The molecule has 0 radical (unpaired) electrons.